The summed E-state index contributed by atoms with van der Waals surface area (Å²) in [7, 11) is -3.40. The van der Waals surface area contributed by atoms with Crippen LogP contribution in [0.1, 0.15) is 12.8 Å². The van der Waals surface area contributed by atoms with Crippen molar-refractivity contribution in [3.05, 3.63) is 59.6 Å². The highest BCUT2D eigenvalue weighted by atomic mass is 35.5. The Hall–Kier alpha value is -2.05. The summed E-state index contributed by atoms with van der Waals surface area (Å²) < 4.78 is 25.2. The molecule has 128 valence electrons. The number of rotatable bonds is 7. The maximum atomic E-state index is 12.0. The molecule has 0 saturated heterocycles. The molecule has 0 aliphatic rings. The van der Waals surface area contributed by atoms with E-state index in [2.05, 4.69) is 5.32 Å². The van der Waals surface area contributed by atoms with E-state index in [1.807, 2.05) is 6.07 Å². The first-order valence-electron chi connectivity index (χ1n) is 7.45. The first-order valence-corrected chi connectivity index (χ1v) is 9.67. The van der Waals surface area contributed by atoms with Crippen molar-refractivity contribution >= 4 is 38.9 Å². The molecule has 0 spiro atoms. The zero-order valence-electron chi connectivity index (χ0n) is 13.3. The number of halogens is 1. The highest BCUT2D eigenvalue weighted by molar-refractivity contribution is 7.92. The Bertz CT molecular complexity index is 794. The zero-order chi connectivity index (χ0) is 17.6. The van der Waals surface area contributed by atoms with Crippen LogP contribution in [0.25, 0.3) is 0 Å². The number of para-hydroxylation sites is 2. The lowest BCUT2D eigenvalue weighted by Gasteiger charge is -2.22. The van der Waals surface area contributed by atoms with E-state index in [9.17, 15) is 13.2 Å². The van der Waals surface area contributed by atoms with Gasteiger partial charge < -0.3 is 5.32 Å². The van der Waals surface area contributed by atoms with Gasteiger partial charge in [0.15, 0.2) is 0 Å². The van der Waals surface area contributed by atoms with E-state index in [1.165, 1.54) is 4.31 Å². The molecule has 0 radical (unpaired) electrons. The van der Waals surface area contributed by atoms with E-state index in [0.29, 0.717) is 22.8 Å². The minimum Gasteiger partial charge on any atom is -0.325 e. The quantitative estimate of drug-likeness (QED) is 0.815. The molecule has 0 aromatic heterocycles. The van der Waals surface area contributed by atoms with Crippen LogP contribution in [-0.4, -0.2) is 27.1 Å². The standard InChI is InChI=1S/C17H19ClN2O3S/c1-24(22,23)20(14-8-3-2-4-9-14)13-7-12-17(21)19-16-11-6-5-10-15(16)18/h2-6,8-11H,7,12-13H2,1H3,(H,19,21). The molecule has 0 bridgehead atoms. The van der Waals surface area contributed by atoms with Crippen molar-refractivity contribution in [3.63, 3.8) is 0 Å². The summed E-state index contributed by atoms with van der Waals surface area (Å²) in [5, 5.41) is 3.19. The van der Waals surface area contributed by atoms with Crippen molar-refractivity contribution in [3.8, 4) is 0 Å². The van der Waals surface area contributed by atoms with Crippen LogP contribution >= 0.6 is 11.6 Å². The fourth-order valence-electron chi connectivity index (χ4n) is 2.24. The van der Waals surface area contributed by atoms with Crippen molar-refractivity contribution in [1.82, 2.24) is 0 Å². The third-order valence-corrected chi connectivity index (χ3v) is 4.88. The molecule has 1 N–H and O–H groups in total. The average molecular weight is 367 g/mol. The number of nitrogens with one attached hydrogen (secondary N) is 1. The number of nitrogens with zero attached hydrogens (tertiary/aromatic N) is 1. The molecule has 2 aromatic rings. The summed E-state index contributed by atoms with van der Waals surface area (Å²) in [6, 6.07) is 15.8. The summed E-state index contributed by atoms with van der Waals surface area (Å²) in [6.07, 6.45) is 1.76. The maximum absolute atomic E-state index is 12.0. The maximum Gasteiger partial charge on any atom is 0.232 e. The van der Waals surface area contributed by atoms with Crippen LogP contribution in [0.2, 0.25) is 5.02 Å². The summed E-state index contributed by atoms with van der Waals surface area (Å²) >= 11 is 5.99. The van der Waals surface area contributed by atoms with Crippen LogP contribution in [0.3, 0.4) is 0 Å². The molecule has 1 amide bonds. The van der Waals surface area contributed by atoms with Gasteiger partial charge in [-0.1, -0.05) is 41.9 Å². The van der Waals surface area contributed by atoms with Gasteiger partial charge in [-0.15, -0.1) is 0 Å². The minimum atomic E-state index is -3.40. The molecule has 0 unspecified atom stereocenters. The van der Waals surface area contributed by atoms with Crippen LogP contribution in [0.4, 0.5) is 11.4 Å². The van der Waals surface area contributed by atoms with Crippen molar-refractivity contribution < 1.29 is 13.2 Å². The van der Waals surface area contributed by atoms with Gasteiger partial charge in [0, 0.05) is 13.0 Å². The molecule has 2 rings (SSSR count). The molecular formula is C17H19ClN2O3S. The smallest absolute Gasteiger partial charge is 0.232 e. The Morgan fingerprint density at radius 1 is 1.08 bits per heavy atom. The second-order valence-electron chi connectivity index (χ2n) is 5.30. The fourth-order valence-corrected chi connectivity index (χ4v) is 3.39. The molecule has 0 fully saturated rings. The molecule has 24 heavy (non-hydrogen) atoms. The number of carbonyl (C=O) groups is 1. The van der Waals surface area contributed by atoms with Gasteiger partial charge in [-0.05, 0) is 30.7 Å². The van der Waals surface area contributed by atoms with Gasteiger partial charge in [-0.2, -0.15) is 0 Å². The van der Waals surface area contributed by atoms with Crippen LogP contribution in [-0.2, 0) is 14.8 Å². The highest BCUT2D eigenvalue weighted by Gasteiger charge is 2.17. The van der Waals surface area contributed by atoms with E-state index in [4.69, 9.17) is 11.6 Å². The predicted octanol–water partition coefficient (Wildman–Crippen LogP) is 3.52. The second kappa shape index (κ2) is 8.17. The first-order chi connectivity index (χ1) is 11.4. The number of hydrogen-bond acceptors (Lipinski definition) is 3. The Morgan fingerprint density at radius 2 is 1.71 bits per heavy atom. The van der Waals surface area contributed by atoms with Gasteiger partial charge in [0.05, 0.1) is 22.7 Å². The molecule has 0 aliphatic heterocycles. The number of anilines is 2. The molecule has 2 aromatic carbocycles. The average Bonchev–Trinajstić information content (AvgIpc) is 2.53. The Kier molecular flexibility index (Phi) is 6.23. The molecule has 0 aliphatic carbocycles. The molecule has 0 saturated carbocycles. The topological polar surface area (TPSA) is 66.5 Å². The van der Waals surface area contributed by atoms with Crippen molar-refractivity contribution in [2.45, 2.75) is 12.8 Å². The number of hydrogen-bond donors (Lipinski definition) is 1. The van der Waals surface area contributed by atoms with Gasteiger partial charge >= 0.3 is 0 Å². The summed E-state index contributed by atoms with van der Waals surface area (Å²) in [5.74, 6) is -0.204. The van der Waals surface area contributed by atoms with Crippen LogP contribution in [0.15, 0.2) is 54.6 Å². The molecule has 7 heteroatoms. The number of carbonyl (C=O) groups excluding carboxylic acids is 1. The van der Waals surface area contributed by atoms with Crippen LogP contribution in [0.5, 0.6) is 0 Å². The van der Waals surface area contributed by atoms with Gasteiger partial charge in [0.25, 0.3) is 0 Å². The van der Waals surface area contributed by atoms with Gasteiger partial charge in [-0.3, -0.25) is 9.10 Å². The van der Waals surface area contributed by atoms with E-state index in [1.54, 1.807) is 48.5 Å². The van der Waals surface area contributed by atoms with Crippen molar-refractivity contribution in [2.75, 3.05) is 22.4 Å². The zero-order valence-corrected chi connectivity index (χ0v) is 14.8. The molecule has 5 nitrogen and oxygen atoms in total. The summed E-state index contributed by atoms with van der Waals surface area (Å²) in [6.45, 7) is 0.235. The summed E-state index contributed by atoms with van der Waals surface area (Å²) in [5.41, 5.74) is 1.14. The number of benzene rings is 2. The fraction of sp³-hybridized carbons (Fsp3) is 0.235. The third-order valence-electron chi connectivity index (χ3n) is 3.36. The highest BCUT2D eigenvalue weighted by Crippen LogP contribution is 2.21. The van der Waals surface area contributed by atoms with Crippen LogP contribution < -0.4 is 9.62 Å². The number of amides is 1. The van der Waals surface area contributed by atoms with Gasteiger partial charge in [0.1, 0.15) is 0 Å². The van der Waals surface area contributed by atoms with E-state index in [0.717, 1.165) is 6.26 Å². The normalized spacial score (nSPS) is 11.1. The SMILES string of the molecule is CS(=O)(=O)N(CCCC(=O)Nc1ccccc1Cl)c1ccccc1. The largest absolute Gasteiger partial charge is 0.325 e. The molecule has 0 atom stereocenters. The minimum absolute atomic E-state index is 0.198. The number of sulfonamides is 1. The van der Waals surface area contributed by atoms with Crippen molar-refractivity contribution in [1.29, 1.82) is 0 Å². The lowest BCUT2D eigenvalue weighted by molar-refractivity contribution is -0.116. The van der Waals surface area contributed by atoms with Crippen LogP contribution in [0, 0.1) is 0 Å². The molecule has 0 heterocycles. The summed E-state index contributed by atoms with van der Waals surface area (Å²) in [4.78, 5) is 12.0. The van der Waals surface area contributed by atoms with E-state index in [-0.39, 0.29) is 18.9 Å². The monoisotopic (exact) mass is 366 g/mol. The Morgan fingerprint density at radius 3 is 2.33 bits per heavy atom. The van der Waals surface area contributed by atoms with Gasteiger partial charge in [-0.25, -0.2) is 8.42 Å². The van der Waals surface area contributed by atoms with Crippen molar-refractivity contribution in [2.24, 2.45) is 0 Å². The first kappa shape index (κ1) is 18.3. The molecular weight excluding hydrogens is 348 g/mol. The Labute approximate surface area is 147 Å². The van der Waals surface area contributed by atoms with E-state index >= 15 is 0 Å². The van der Waals surface area contributed by atoms with E-state index < -0.39 is 10.0 Å². The van der Waals surface area contributed by atoms with Gasteiger partial charge in [0.2, 0.25) is 15.9 Å². The lowest BCUT2D eigenvalue weighted by atomic mass is 10.2. The Balaban J connectivity index is 1.94. The third kappa shape index (κ3) is 5.25. The second-order valence-corrected chi connectivity index (χ2v) is 7.62. The lowest BCUT2D eigenvalue weighted by Crippen LogP contribution is -2.31. The predicted molar refractivity (Wildman–Crippen MR) is 97.9 cm³/mol.